The SMILES string of the molecule is CNC(=S)Nc1ccc(S(=O)(=O)NC(=O)NCCCCCCNC(=O)NS(=O)(=O)c2ccc(NC(=S)NC)cc2)cc1. The van der Waals surface area contributed by atoms with Crippen LogP contribution >= 0.6 is 24.4 Å². The first-order chi connectivity index (χ1) is 19.9. The average molecular weight is 659 g/mol. The van der Waals surface area contributed by atoms with E-state index >= 15 is 0 Å². The summed E-state index contributed by atoms with van der Waals surface area (Å²) in [5, 5.41) is 16.9. The second-order valence-corrected chi connectivity index (χ2v) is 12.8. The van der Waals surface area contributed by atoms with E-state index in [9.17, 15) is 26.4 Å². The average Bonchev–Trinajstić information content (AvgIpc) is 2.94. The maximum absolute atomic E-state index is 12.4. The van der Waals surface area contributed by atoms with Gasteiger partial charge in [0.15, 0.2) is 10.2 Å². The lowest BCUT2D eigenvalue weighted by molar-refractivity contribution is 0.244. The molecule has 0 saturated carbocycles. The molecule has 0 aromatic heterocycles. The van der Waals surface area contributed by atoms with Crippen LogP contribution in [0.4, 0.5) is 21.0 Å². The summed E-state index contributed by atoms with van der Waals surface area (Å²) in [5.41, 5.74) is 1.17. The van der Waals surface area contributed by atoms with Crippen LogP contribution in [0.25, 0.3) is 0 Å². The molecule has 0 aliphatic heterocycles. The zero-order valence-corrected chi connectivity index (χ0v) is 26.2. The van der Waals surface area contributed by atoms with Crippen LogP contribution in [0.5, 0.6) is 0 Å². The van der Waals surface area contributed by atoms with E-state index < -0.39 is 32.1 Å². The minimum absolute atomic E-state index is 0.0802. The molecule has 0 heterocycles. The molecule has 0 bridgehead atoms. The van der Waals surface area contributed by atoms with Gasteiger partial charge in [-0.2, -0.15) is 0 Å². The number of amides is 4. The number of rotatable bonds is 13. The van der Waals surface area contributed by atoms with Crippen LogP contribution in [-0.4, -0.2) is 66.3 Å². The molecule has 8 N–H and O–H groups in total. The van der Waals surface area contributed by atoms with Crippen molar-refractivity contribution in [2.45, 2.75) is 35.5 Å². The lowest BCUT2D eigenvalue weighted by Gasteiger charge is -2.11. The van der Waals surface area contributed by atoms with Crippen LogP contribution < -0.4 is 41.3 Å². The van der Waals surface area contributed by atoms with Gasteiger partial charge < -0.3 is 31.9 Å². The van der Waals surface area contributed by atoms with Gasteiger partial charge in [0, 0.05) is 38.6 Å². The van der Waals surface area contributed by atoms with Gasteiger partial charge in [0.2, 0.25) is 0 Å². The smallest absolute Gasteiger partial charge is 0.328 e. The lowest BCUT2D eigenvalue weighted by Crippen LogP contribution is -2.40. The fraction of sp³-hybridized carbons (Fsp3) is 0.333. The van der Waals surface area contributed by atoms with Gasteiger partial charge in [-0.1, -0.05) is 12.8 Å². The lowest BCUT2D eigenvalue weighted by atomic mass is 10.2. The van der Waals surface area contributed by atoms with Gasteiger partial charge in [-0.15, -0.1) is 0 Å². The third-order valence-electron chi connectivity index (χ3n) is 5.43. The number of unbranched alkanes of at least 4 members (excludes halogenated alkanes) is 3. The molecule has 2 aromatic carbocycles. The van der Waals surface area contributed by atoms with Gasteiger partial charge in [0.25, 0.3) is 20.0 Å². The maximum Gasteiger partial charge on any atom is 0.328 e. The molecule has 0 fully saturated rings. The molecule has 0 saturated heterocycles. The summed E-state index contributed by atoms with van der Waals surface area (Å²) in [4.78, 5) is 23.9. The molecule has 0 atom stereocenters. The van der Waals surface area contributed by atoms with Crippen molar-refractivity contribution in [3.63, 3.8) is 0 Å². The van der Waals surface area contributed by atoms with Gasteiger partial charge in [-0.25, -0.2) is 35.9 Å². The Morgan fingerprint density at radius 3 is 1.24 bits per heavy atom. The zero-order chi connectivity index (χ0) is 31.2. The second kappa shape index (κ2) is 16.6. The van der Waals surface area contributed by atoms with Crippen molar-refractivity contribution in [1.29, 1.82) is 0 Å². The predicted octanol–water partition coefficient (Wildman–Crippen LogP) is 1.76. The van der Waals surface area contributed by atoms with E-state index in [0.717, 1.165) is 0 Å². The molecule has 14 nitrogen and oxygen atoms in total. The highest BCUT2D eigenvalue weighted by Crippen LogP contribution is 2.15. The first-order valence-corrected chi connectivity index (χ1v) is 16.4. The third-order valence-corrected chi connectivity index (χ3v) is 8.73. The number of thiocarbonyl (C=S) groups is 2. The fourth-order valence-electron chi connectivity index (χ4n) is 3.26. The van der Waals surface area contributed by atoms with Crippen molar-refractivity contribution in [2.24, 2.45) is 0 Å². The largest absolute Gasteiger partial charge is 0.366 e. The van der Waals surface area contributed by atoms with E-state index in [-0.39, 0.29) is 22.9 Å². The Labute approximate surface area is 256 Å². The number of nitrogens with one attached hydrogen (secondary N) is 8. The molecule has 42 heavy (non-hydrogen) atoms. The molecule has 2 aromatic rings. The standard InChI is InChI=1S/C24H34N8O6S4/c1-25-23(39)29-17-7-11-19(12-8-17)41(35,36)31-21(33)27-15-5-3-4-6-16-28-22(34)32-42(37,38)20-13-9-18(10-14-20)30-24(40)26-2/h7-14H,3-6,15-16H2,1-2H3,(H2,25,29,39)(H2,26,30,40)(H2,27,31,33)(H2,28,32,34). The topological polar surface area (TPSA) is 199 Å². The number of carbonyl (C=O) groups is 2. The van der Waals surface area contributed by atoms with Crippen molar-refractivity contribution in [2.75, 3.05) is 37.8 Å². The molecule has 18 heteroatoms. The van der Waals surface area contributed by atoms with Crippen molar-refractivity contribution in [1.82, 2.24) is 30.7 Å². The van der Waals surface area contributed by atoms with Crippen LogP contribution in [0.2, 0.25) is 0 Å². The number of benzene rings is 2. The number of hydrogen-bond donors (Lipinski definition) is 8. The Hall–Kier alpha value is -3.74. The summed E-state index contributed by atoms with van der Waals surface area (Å²) < 4.78 is 53.5. The molecule has 0 spiro atoms. The van der Waals surface area contributed by atoms with Crippen molar-refractivity contribution in [3.05, 3.63) is 48.5 Å². The maximum atomic E-state index is 12.4. The minimum atomic E-state index is -4.05. The van der Waals surface area contributed by atoms with Crippen LogP contribution in [0.1, 0.15) is 25.7 Å². The van der Waals surface area contributed by atoms with Gasteiger partial charge in [0.1, 0.15) is 0 Å². The van der Waals surface area contributed by atoms with Crippen LogP contribution in [0, 0.1) is 0 Å². The predicted molar refractivity (Wildman–Crippen MR) is 169 cm³/mol. The quantitative estimate of drug-likeness (QED) is 0.115. The third kappa shape index (κ3) is 12.0. The first kappa shape index (κ1) is 34.5. The Balaban J connectivity index is 1.62. The number of hydrogen-bond acceptors (Lipinski definition) is 8. The van der Waals surface area contributed by atoms with Gasteiger partial charge in [-0.05, 0) is 85.8 Å². The summed E-state index contributed by atoms with van der Waals surface area (Å²) >= 11 is 9.97. The number of urea groups is 2. The van der Waals surface area contributed by atoms with E-state index in [1.807, 2.05) is 9.44 Å². The highest BCUT2D eigenvalue weighted by Gasteiger charge is 2.18. The summed E-state index contributed by atoms with van der Waals surface area (Å²) in [6.07, 6.45) is 2.53. The van der Waals surface area contributed by atoms with Crippen molar-refractivity contribution < 1.29 is 26.4 Å². The molecule has 0 aliphatic rings. The minimum Gasteiger partial charge on any atom is -0.366 e. The molecular formula is C24H34N8O6S4. The monoisotopic (exact) mass is 658 g/mol. The Morgan fingerprint density at radius 2 is 0.929 bits per heavy atom. The molecule has 2 rings (SSSR count). The number of sulfonamides is 2. The van der Waals surface area contributed by atoms with E-state index in [2.05, 4.69) is 31.9 Å². The second-order valence-electron chi connectivity index (χ2n) is 8.59. The van der Waals surface area contributed by atoms with Gasteiger partial charge in [0.05, 0.1) is 9.79 Å². The Bertz CT molecular complexity index is 1340. The summed E-state index contributed by atoms with van der Waals surface area (Å²) in [7, 11) is -4.80. The van der Waals surface area contributed by atoms with Gasteiger partial charge in [-0.3, -0.25) is 0 Å². The van der Waals surface area contributed by atoms with Gasteiger partial charge >= 0.3 is 12.1 Å². The molecule has 0 unspecified atom stereocenters. The molecule has 230 valence electrons. The molecule has 0 aliphatic carbocycles. The highest BCUT2D eigenvalue weighted by molar-refractivity contribution is 7.90. The van der Waals surface area contributed by atoms with E-state index in [4.69, 9.17) is 24.4 Å². The highest BCUT2D eigenvalue weighted by atomic mass is 32.2. The van der Waals surface area contributed by atoms with Crippen molar-refractivity contribution >= 4 is 78.1 Å². The number of anilines is 2. The fourth-order valence-corrected chi connectivity index (χ4v) is 5.36. The van der Waals surface area contributed by atoms with E-state index in [1.54, 1.807) is 14.1 Å². The van der Waals surface area contributed by atoms with Crippen molar-refractivity contribution in [3.8, 4) is 0 Å². The van der Waals surface area contributed by atoms with E-state index in [1.165, 1.54) is 48.5 Å². The Morgan fingerprint density at radius 1 is 0.595 bits per heavy atom. The zero-order valence-electron chi connectivity index (χ0n) is 22.9. The first-order valence-electron chi connectivity index (χ1n) is 12.6. The van der Waals surface area contributed by atoms with Crippen LogP contribution in [0.15, 0.2) is 58.3 Å². The normalized spacial score (nSPS) is 11.0. The van der Waals surface area contributed by atoms with Crippen LogP contribution in [0.3, 0.4) is 0 Å². The molecular weight excluding hydrogens is 625 g/mol. The van der Waals surface area contributed by atoms with E-state index in [0.29, 0.717) is 47.3 Å². The summed E-state index contributed by atoms with van der Waals surface area (Å²) in [6.45, 7) is 0.486. The van der Waals surface area contributed by atoms with Crippen LogP contribution in [-0.2, 0) is 20.0 Å². The molecule has 0 radical (unpaired) electrons. The Kier molecular flexibility index (Phi) is 13.7. The number of carbonyl (C=O) groups excluding carboxylic acids is 2. The summed E-state index contributed by atoms with van der Waals surface area (Å²) in [6, 6.07) is 9.77. The molecule has 4 amide bonds. The summed E-state index contributed by atoms with van der Waals surface area (Å²) in [5.74, 6) is 0.